The van der Waals surface area contributed by atoms with E-state index in [2.05, 4.69) is 4.74 Å². The first-order chi connectivity index (χ1) is 12.2. The molecule has 0 saturated heterocycles. The Bertz CT molecular complexity index is 1050. The standard InChI is InChI=1S/C18H11F3O4S/c1-25-16(23)14-15(22)12-7-4-10(8-13(12)26-17(14)24)9-2-5-11(6-3-9)18(19,20)21/h2-8,22H,1H3. The molecule has 3 aromatic rings. The summed E-state index contributed by atoms with van der Waals surface area (Å²) in [7, 11) is 1.10. The molecule has 1 N–H and O–H groups in total. The molecule has 26 heavy (non-hydrogen) atoms. The van der Waals surface area contributed by atoms with Crippen LogP contribution in [-0.4, -0.2) is 18.2 Å². The fraction of sp³-hybridized carbons (Fsp3) is 0.111. The normalized spacial score (nSPS) is 11.5. The minimum absolute atomic E-state index is 0.283. The van der Waals surface area contributed by atoms with Crippen LogP contribution in [0.2, 0.25) is 0 Å². The van der Waals surface area contributed by atoms with E-state index in [1.54, 1.807) is 12.1 Å². The number of carbonyl (C=O) groups is 1. The summed E-state index contributed by atoms with van der Waals surface area (Å²) >= 11 is 0.746. The minimum Gasteiger partial charge on any atom is -0.506 e. The SMILES string of the molecule is COC(=O)c1c(O)c2ccc(-c3ccc(C(F)(F)F)cc3)cc2sc1=O. The third-order valence-electron chi connectivity index (χ3n) is 3.82. The van der Waals surface area contributed by atoms with E-state index in [0.29, 0.717) is 15.8 Å². The molecule has 0 aliphatic carbocycles. The lowest BCUT2D eigenvalue weighted by atomic mass is 10.0. The highest BCUT2D eigenvalue weighted by atomic mass is 32.1. The molecule has 0 spiro atoms. The number of alkyl halides is 3. The Hall–Kier alpha value is -2.87. The van der Waals surface area contributed by atoms with Crippen molar-refractivity contribution in [2.24, 2.45) is 0 Å². The highest BCUT2D eigenvalue weighted by Crippen LogP contribution is 2.34. The van der Waals surface area contributed by atoms with E-state index in [1.165, 1.54) is 18.2 Å². The van der Waals surface area contributed by atoms with Crippen LogP contribution in [0.1, 0.15) is 15.9 Å². The molecule has 0 amide bonds. The third-order valence-corrected chi connectivity index (χ3v) is 4.76. The van der Waals surface area contributed by atoms with Crippen LogP contribution in [0.3, 0.4) is 0 Å². The van der Waals surface area contributed by atoms with Gasteiger partial charge in [0.2, 0.25) is 0 Å². The molecular weight excluding hydrogens is 369 g/mol. The average molecular weight is 380 g/mol. The second-order valence-electron chi connectivity index (χ2n) is 5.39. The lowest BCUT2D eigenvalue weighted by Gasteiger charge is -2.09. The Balaban J connectivity index is 2.10. The van der Waals surface area contributed by atoms with Crippen molar-refractivity contribution in [1.29, 1.82) is 0 Å². The van der Waals surface area contributed by atoms with Gasteiger partial charge in [0, 0.05) is 10.1 Å². The summed E-state index contributed by atoms with van der Waals surface area (Å²) in [5.41, 5.74) is -0.0949. The van der Waals surface area contributed by atoms with Crippen molar-refractivity contribution in [3.05, 3.63) is 63.1 Å². The van der Waals surface area contributed by atoms with Crippen molar-refractivity contribution in [3.8, 4) is 16.9 Å². The summed E-state index contributed by atoms with van der Waals surface area (Å²) in [4.78, 5) is 23.7. The number of hydrogen-bond donors (Lipinski definition) is 1. The summed E-state index contributed by atoms with van der Waals surface area (Å²) in [5.74, 6) is -1.41. The molecule has 0 bridgehead atoms. The lowest BCUT2D eigenvalue weighted by Crippen LogP contribution is -2.13. The fourth-order valence-corrected chi connectivity index (χ4v) is 3.44. The van der Waals surface area contributed by atoms with Gasteiger partial charge in [-0.3, -0.25) is 4.79 Å². The van der Waals surface area contributed by atoms with Gasteiger partial charge in [0.05, 0.1) is 12.7 Å². The molecule has 0 radical (unpaired) electrons. The zero-order chi connectivity index (χ0) is 19.1. The number of hydrogen-bond acceptors (Lipinski definition) is 5. The highest BCUT2D eigenvalue weighted by Gasteiger charge is 2.30. The van der Waals surface area contributed by atoms with Crippen molar-refractivity contribution < 1.29 is 27.8 Å². The van der Waals surface area contributed by atoms with Crippen molar-refractivity contribution in [2.75, 3.05) is 7.11 Å². The topological polar surface area (TPSA) is 63.6 Å². The summed E-state index contributed by atoms with van der Waals surface area (Å²) in [6, 6.07) is 9.26. The first kappa shape index (κ1) is 17.9. The van der Waals surface area contributed by atoms with E-state index in [-0.39, 0.29) is 5.39 Å². The van der Waals surface area contributed by atoms with Gasteiger partial charge in [-0.1, -0.05) is 29.5 Å². The molecule has 8 heteroatoms. The van der Waals surface area contributed by atoms with E-state index >= 15 is 0 Å². The number of halogens is 3. The van der Waals surface area contributed by atoms with Crippen LogP contribution < -0.4 is 4.74 Å². The molecule has 134 valence electrons. The van der Waals surface area contributed by atoms with Crippen LogP contribution in [0.15, 0.2) is 47.3 Å². The number of methoxy groups -OCH3 is 1. The molecule has 1 aromatic heterocycles. The summed E-state index contributed by atoms with van der Waals surface area (Å²) in [5, 5.41) is 10.5. The number of rotatable bonds is 2. The number of aromatic hydroxyl groups is 1. The van der Waals surface area contributed by atoms with Gasteiger partial charge >= 0.3 is 12.1 Å². The number of benzene rings is 2. The zero-order valence-electron chi connectivity index (χ0n) is 13.3. The molecular formula is C18H11F3O4S. The van der Waals surface area contributed by atoms with E-state index in [4.69, 9.17) is 0 Å². The highest BCUT2D eigenvalue weighted by molar-refractivity contribution is 7.16. The van der Waals surface area contributed by atoms with Gasteiger partial charge in [0.1, 0.15) is 5.75 Å². The molecule has 0 saturated carbocycles. The second-order valence-corrected chi connectivity index (χ2v) is 6.41. The van der Waals surface area contributed by atoms with E-state index in [0.717, 1.165) is 30.6 Å². The van der Waals surface area contributed by atoms with Crippen molar-refractivity contribution in [2.45, 2.75) is 6.18 Å². The van der Waals surface area contributed by atoms with Crippen LogP contribution in [0.5, 0.6) is 5.75 Å². The molecule has 4 nitrogen and oxygen atoms in total. The minimum atomic E-state index is -4.42. The van der Waals surface area contributed by atoms with Crippen LogP contribution in [0, 0.1) is 0 Å². The molecule has 0 fully saturated rings. The summed E-state index contributed by atoms with van der Waals surface area (Å²) in [6.07, 6.45) is -4.42. The maximum absolute atomic E-state index is 12.7. The first-order valence-electron chi connectivity index (χ1n) is 7.28. The van der Waals surface area contributed by atoms with Gasteiger partial charge in [-0.15, -0.1) is 0 Å². The Kier molecular flexibility index (Phi) is 4.45. The second kappa shape index (κ2) is 6.45. The Labute approximate surface area is 149 Å². The lowest BCUT2D eigenvalue weighted by molar-refractivity contribution is -0.137. The molecule has 0 aliphatic rings. The van der Waals surface area contributed by atoms with Gasteiger partial charge in [-0.25, -0.2) is 4.79 Å². The Morgan fingerprint density at radius 3 is 2.27 bits per heavy atom. The van der Waals surface area contributed by atoms with Crippen molar-refractivity contribution in [3.63, 3.8) is 0 Å². The van der Waals surface area contributed by atoms with Crippen LogP contribution in [0.4, 0.5) is 13.2 Å². The molecule has 3 rings (SSSR count). The Morgan fingerprint density at radius 2 is 1.69 bits per heavy atom. The smallest absolute Gasteiger partial charge is 0.416 e. The molecule has 0 atom stereocenters. The van der Waals surface area contributed by atoms with E-state index in [1.807, 2.05) is 0 Å². The maximum Gasteiger partial charge on any atom is 0.416 e. The van der Waals surface area contributed by atoms with Gasteiger partial charge in [0.25, 0.3) is 4.74 Å². The summed E-state index contributed by atoms with van der Waals surface area (Å²) < 4.78 is 42.2. The fourth-order valence-electron chi connectivity index (χ4n) is 2.50. The quantitative estimate of drug-likeness (QED) is 0.668. The van der Waals surface area contributed by atoms with Gasteiger partial charge in [0.15, 0.2) is 5.56 Å². The first-order valence-corrected chi connectivity index (χ1v) is 8.10. The monoisotopic (exact) mass is 380 g/mol. The average Bonchev–Trinajstić information content (AvgIpc) is 2.60. The third kappa shape index (κ3) is 3.15. The number of carbonyl (C=O) groups excluding carboxylic acids is 1. The molecule has 1 heterocycles. The maximum atomic E-state index is 12.7. The largest absolute Gasteiger partial charge is 0.506 e. The molecule has 2 aromatic carbocycles. The van der Waals surface area contributed by atoms with Crippen LogP contribution in [-0.2, 0) is 10.9 Å². The van der Waals surface area contributed by atoms with E-state index < -0.39 is 33.8 Å². The van der Waals surface area contributed by atoms with Crippen molar-refractivity contribution in [1.82, 2.24) is 0 Å². The molecule has 0 unspecified atom stereocenters. The van der Waals surface area contributed by atoms with E-state index in [9.17, 15) is 27.9 Å². The van der Waals surface area contributed by atoms with Crippen LogP contribution >= 0.6 is 11.3 Å². The predicted molar refractivity (Wildman–Crippen MR) is 91.5 cm³/mol. The molecule has 0 aliphatic heterocycles. The van der Waals surface area contributed by atoms with Gasteiger partial charge in [-0.2, -0.15) is 13.2 Å². The van der Waals surface area contributed by atoms with Crippen molar-refractivity contribution >= 4 is 27.4 Å². The Morgan fingerprint density at radius 1 is 1.08 bits per heavy atom. The van der Waals surface area contributed by atoms with Crippen LogP contribution in [0.25, 0.3) is 21.2 Å². The summed E-state index contributed by atoms with van der Waals surface area (Å²) in [6.45, 7) is 0. The number of ether oxygens (including phenoxy) is 1. The number of fused-ring (bicyclic) bond motifs is 1. The van der Waals surface area contributed by atoms with Gasteiger partial charge < -0.3 is 9.84 Å². The number of esters is 1. The zero-order valence-corrected chi connectivity index (χ0v) is 14.1. The predicted octanol–water partition coefficient (Wildman–Crippen LogP) is 4.44. The van der Waals surface area contributed by atoms with Gasteiger partial charge in [-0.05, 0) is 35.4 Å².